The Hall–Kier alpha value is -1.60. The number of urea groups is 1. The van der Waals surface area contributed by atoms with Crippen LogP contribution in [-0.2, 0) is 17.4 Å². The van der Waals surface area contributed by atoms with Gasteiger partial charge in [0.05, 0.1) is 19.3 Å². The van der Waals surface area contributed by atoms with Crippen molar-refractivity contribution in [2.24, 2.45) is 7.05 Å². The predicted octanol–water partition coefficient (Wildman–Crippen LogP) is 1.41. The zero-order valence-electron chi connectivity index (χ0n) is 15.6. The first-order valence-electron chi connectivity index (χ1n) is 8.79. The molecule has 0 radical (unpaired) electrons. The average Bonchev–Trinajstić information content (AvgIpc) is 3.01. The lowest BCUT2D eigenvalue weighted by Crippen LogP contribution is -2.54. The number of amides is 2. The number of morpholine rings is 1. The van der Waals surface area contributed by atoms with Crippen molar-refractivity contribution in [2.45, 2.75) is 39.3 Å². The van der Waals surface area contributed by atoms with Gasteiger partial charge in [-0.15, -0.1) is 0 Å². The Morgan fingerprint density at radius 3 is 2.79 bits per heavy atom. The Morgan fingerprint density at radius 1 is 1.50 bits per heavy atom. The lowest BCUT2D eigenvalue weighted by molar-refractivity contribution is -0.0907. The van der Waals surface area contributed by atoms with Crippen molar-refractivity contribution in [2.75, 3.05) is 39.3 Å². The maximum absolute atomic E-state index is 12.5. The van der Waals surface area contributed by atoms with Crippen molar-refractivity contribution in [1.82, 2.24) is 24.9 Å². The molecule has 2 heterocycles. The summed E-state index contributed by atoms with van der Waals surface area (Å²) in [4.78, 5) is 16.7. The van der Waals surface area contributed by atoms with E-state index in [2.05, 4.69) is 36.1 Å². The summed E-state index contributed by atoms with van der Waals surface area (Å²) in [5, 5.41) is 7.28. The van der Waals surface area contributed by atoms with Crippen LogP contribution in [-0.4, -0.2) is 71.0 Å². The first-order valence-corrected chi connectivity index (χ1v) is 8.79. The fourth-order valence-corrected chi connectivity index (χ4v) is 3.24. The summed E-state index contributed by atoms with van der Waals surface area (Å²) in [5.41, 5.74) is 0.493. The molecular weight excluding hydrogens is 306 g/mol. The van der Waals surface area contributed by atoms with Gasteiger partial charge in [0.15, 0.2) is 0 Å². The first-order chi connectivity index (χ1) is 11.4. The van der Waals surface area contributed by atoms with Crippen molar-refractivity contribution >= 4 is 6.03 Å². The lowest BCUT2D eigenvalue weighted by Gasteiger charge is -2.40. The van der Waals surface area contributed by atoms with E-state index in [1.165, 1.54) is 0 Å². The molecule has 1 N–H and O–H groups in total. The smallest absolute Gasteiger partial charge is 0.317 e. The fraction of sp³-hybridized carbons (Fsp3) is 0.765. The third-order valence-electron chi connectivity index (χ3n) is 4.86. The van der Waals surface area contributed by atoms with Crippen LogP contribution in [0.3, 0.4) is 0 Å². The van der Waals surface area contributed by atoms with Crippen molar-refractivity contribution in [3.63, 3.8) is 0 Å². The van der Waals surface area contributed by atoms with Crippen molar-refractivity contribution in [3.8, 4) is 0 Å². The number of carbonyl (C=O) groups excluding carboxylic acids is 1. The quantitative estimate of drug-likeness (QED) is 0.852. The Bertz CT molecular complexity index is 543. The summed E-state index contributed by atoms with van der Waals surface area (Å²) in [6, 6.07) is 0.308. The van der Waals surface area contributed by atoms with Gasteiger partial charge in [0.25, 0.3) is 0 Å². The van der Waals surface area contributed by atoms with Gasteiger partial charge in [-0.3, -0.25) is 9.58 Å². The molecule has 0 aromatic carbocycles. The molecule has 24 heavy (non-hydrogen) atoms. The molecule has 1 aromatic rings. The van der Waals surface area contributed by atoms with E-state index >= 15 is 0 Å². The molecule has 2 amide bonds. The van der Waals surface area contributed by atoms with Crippen LogP contribution >= 0.6 is 0 Å². The molecule has 0 aliphatic carbocycles. The molecule has 1 aliphatic heterocycles. The molecule has 1 aliphatic rings. The average molecular weight is 337 g/mol. The maximum Gasteiger partial charge on any atom is 0.317 e. The highest BCUT2D eigenvalue weighted by atomic mass is 16.5. The van der Waals surface area contributed by atoms with E-state index in [1.807, 2.05) is 31.3 Å². The van der Waals surface area contributed by atoms with E-state index in [0.717, 1.165) is 18.7 Å². The standard InChI is InChI=1S/C17H31N5O2/c1-6-21(7-2)14(3)10-18-16(23)22-8-9-24-17(4,13-22)15-11-19-20(5)12-15/h11-12,14H,6-10,13H2,1-5H3,(H,18,23). The molecular formula is C17H31N5O2. The summed E-state index contributed by atoms with van der Waals surface area (Å²) in [7, 11) is 1.88. The number of aryl methyl sites for hydroxylation is 1. The van der Waals surface area contributed by atoms with Gasteiger partial charge in [0.1, 0.15) is 5.60 Å². The Morgan fingerprint density at radius 2 is 2.21 bits per heavy atom. The molecule has 0 saturated carbocycles. The number of hydrogen-bond acceptors (Lipinski definition) is 4. The minimum absolute atomic E-state index is 0.0209. The van der Waals surface area contributed by atoms with E-state index in [1.54, 1.807) is 4.68 Å². The number of nitrogens with zero attached hydrogens (tertiary/aromatic N) is 4. The van der Waals surface area contributed by atoms with Crippen LogP contribution in [0, 0.1) is 0 Å². The van der Waals surface area contributed by atoms with Crippen LogP contribution < -0.4 is 5.32 Å². The van der Waals surface area contributed by atoms with E-state index in [0.29, 0.717) is 32.3 Å². The topological polar surface area (TPSA) is 62.6 Å². The van der Waals surface area contributed by atoms with Crippen LogP contribution in [0.1, 0.15) is 33.3 Å². The van der Waals surface area contributed by atoms with Crippen LogP contribution in [0.25, 0.3) is 0 Å². The fourth-order valence-electron chi connectivity index (χ4n) is 3.24. The van der Waals surface area contributed by atoms with Gasteiger partial charge in [-0.25, -0.2) is 4.79 Å². The highest BCUT2D eigenvalue weighted by Gasteiger charge is 2.36. The van der Waals surface area contributed by atoms with Crippen LogP contribution in [0.5, 0.6) is 0 Å². The zero-order valence-corrected chi connectivity index (χ0v) is 15.6. The SMILES string of the molecule is CCN(CC)C(C)CNC(=O)N1CCOC(C)(c2cnn(C)c2)C1. The van der Waals surface area contributed by atoms with Crippen molar-refractivity contribution in [1.29, 1.82) is 0 Å². The number of hydrogen-bond donors (Lipinski definition) is 1. The van der Waals surface area contributed by atoms with E-state index in [9.17, 15) is 4.79 Å². The second-order valence-electron chi connectivity index (χ2n) is 6.66. The molecule has 136 valence electrons. The molecule has 0 bridgehead atoms. The Balaban J connectivity index is 1.93. The summed E-state index contributed by atoms with van der Waals surface area (Å²) < 4.78 is 7.72. The minimum Gasteiger partial charge on any atom is -0.367 e. The molecule has 0 spiro atoms. The number of aromatic nitrogens is 2. The predicted molar refractivity (Wildman–Crippen MR) is 93.9 cm³/mol. The molecule has 7 heteroatoms. The first kappa shape index (κ1) is 18.7. The molecule has 2 rings (SSSR count). The van der Waals surface area contributed by atoms with Gasteiger partial charge in [0, 0.05) is 37.9 Å². The molecule has 1 fully saturated rings. The van der Waals surface area contributed by atoms with Gasteiger partial charge < -0.3 is 15.0 Å². The van der Waals surface area contributed by atoms with Crippen LogP contribution in [0.15, 0.2) is 12.4 Å². The third kappa shape index (κ3) is 4.27. The second-order valence-corrected chi connectivity index (χ2v) is 6.66. The Kier molecular flexibility index (Phi) is 6.23. The number of carbonyl (C=O) groups is 1. The normalized spacial score (nSPS) is 22.7. The highest BCUT2D eigenvalue weighted by molar-refractivity contribution is 5.74. The van der Waals surface area contributed by atoms with Gasteiger partial charge in [-0.2, -0.15) is 5.10 Å². The highest BCUT2D eigenvalue weighted by Crippen LogP contribution is 2.28. The van der Waals surface area contributed by atoms with E-state index in [4.69, 9.17) is 4.74 Å². The van der Waals surface area contributed by atoms with Crippen molar-refractivity contribution in [3.05, 3.63) is 18.0 Å². The van der Waals surface area contributed by atoms with Gasteiger partial charge in [-0.05, 0) is 26.9 Å². The maximum atomic E-state index is 12.5. The van der Waals surface area contributed by atoms with E-state index < -0.39 is 5.60 Å². The molecule has 2 atom stereocenters. The van der Waals surface area contributed by atoms with Gasteiger partial charge in [-0.1, -0.05) is 13.8 Å². The molecule has 1 saturated heterocycles. The minimum atomic E-state index is -0.506. The summed E-state index contributed by atoms with van der Waals surface area (Å²) in [6.45, 7) is 12.8. The summed E-state index contributed by atoms with van der Waals surface area (Å²) in [6.07, 6.45) is 3.76. The van der Waals surface area contributed by atoms with Gasteiger partial charge >= 0.3 is 6.03 Å². The zero-order chi connectivity index (χ0) is 17.7. The molecule has 1 aromatic heterocycles. The Labute approximate surface area is 144 Å². The van der Waals surface area contributed by atoms with E-state index in [-0.39, 0.29) is 6.03 Å². The monoisotopic (exact) mass is 337 g/mol. The van der Waals surface area contributed by atoms with Crippen LogP contribution in [0.4, 0.5) is 4.79 Å². The molecule has 7 nitrogen and oxygen atoms in total. The van der Waals surface area contributed by atoms with Gasteiger partial charge in [0.2, 0.25) is 0 Å². The van der Waals surface area contributed by atoms with Crippen LogP contribution in [0.2, 0.25) is 0 Å². The summed E-state index contributed by atoms with van der Waals surface area (Å²) in [5.74, 6) is 0. The molecule has 2 unspecified atom stereocenters. The number of likely N-dealkylation sites (N-methyl/N-ethyl adjacent to an activating group) is 1. The number of ether oxygens (including phenoxy) is 1. The third-order valence-corrected chi connectivity index (χ3v) is 4.86. The number of nitrogens with one attached hydrogen (secondary N) is 1. The largest absolute Gasteiger partial charge is 0.367 e. The summed E-state index contributed by atoms with van der Waals surface area (Å²) >= 11 is 0. The second kappa shape index (κ2) is 7.98. The van der Waals surface area contributed by atoms with Crippen molar-refractivity contribution < 1.29 is 9.53 Å². The lowest BCUT2D eigenvalue weighted by atomic mass is 9.97. The number of rotatable bonds is 6.